The smallest absolute Gasteiger partial charge is 0.228 e. The molecule has 1 fully saturated rings. The molecule has 0 radical (unpaired) electrons. The van der Waals surface area contributed by atoms with Gasteiger partial charge in [0, 0.05) is 31.9 Å². The number of nitrogens with zero attached hydrogens (tertiary/aromatic N) is 5. The quantitative estimate of drug-likeness (QED) is 0.723. The number of rotatable bonds is 4. The molecular formula is C18H22N6O2. The Balaban J connectivity index is 1.47. The van der Waals surface area contributed by atoms with E-state index in [1.165, 1.54) is 0 Å². The second kappa shape index (κ2) is 6.53. The van der Waals surface area contributed by atoms with Crippen molar-refractivity contribution in [2.75, 3.05) is 13.1 Å². The predicted octanol–water partition coefficient (Wildman–Crippen LogP) is 0.830. The molecule has 4 rings (SSSR count). The highest BCUT2D eigenvalue weighted by molar-refractivity contribution is 5.87. The van der Waals surface area contributed by atoms with Gasteiger partial charge in [-0.25, -0.2) is 0 Å². The third-order valence-electron chi connectivity index (χ3n) is 5.07. The molecule has 26 heavy (non-hydrogen) atoms. The van der Waals surface area contributed by atoms with Crippen LogP contribution in [-0.4, -0.2) is 59.6 Å². The van der Waals surface area contributed by atoms with Gasteiger partial charge in [-0.05, 0) is 18.9 Å². The van der Waals surface area contributed by atoms with E-state index in [0.717, 1.165) is 28.8 Å². The molecule has 1 unspecified atom stereocenters. The van der Waals surface area contributed by atoms with Gasteiger partial charge in [0.2, 0.25) is 5.91 Å². The summed E-state index contributed by atoms with van der Waals surface area (Å²) in [6.07, 6.45) is 3.68. The Morgan fingerprint density at radius 1 is 1.38 bits per heavy atom. The highest BCUT2D eigenvalue weighted by Gasteiger charge is 2.36. The Hall–Kier alpha value is -2.74. The molecule has 0 spiro atoms. The average Bonchev–Trinajstić information content (AvgIpc) is 3.21. The fourth-order valence-electron chi connectivity index (χ4n) is 3.64. The van der Waals surface area contributed by atoms with E-state index in [2.05, 4.69) is 20.4 Å². The highest BCUT2D eigenvalue weighted by atomic mass is 16.3. The molecule has 1 saturated heterocycles. The van der Waals surface area contributed by atoms with Crippen molar-refractivity contribution in [1.82, 2.24) is 29.9 Å². The first-order valence-corrected chi connectivity index (χ1v) is 8.79. The molecule has 2 N–H and O–H groups in total. The summed E-state index contributed by atoms with van der Waals surface area (Å²) in [5.74, 6) is 0.719. The average molecular weight is 354 g/mol. The van der Waals surface area contributed by atoms with Crippen LogP contribution in [0, 0.1) is 0 Å². The van der Waals surface area contributed by atoms with Gasteiger partial charge in [-0.3, -0.25) is 9.89 Å². The van der Waals surface area contributed by atoms with Crippen LogP contribution in [0.2, 0.25) is 0 Å². The van der Waals surface area contributed by atoms with Gasteiger partial charge in [0.15, 0.2) is 0 Å². The Bertz CT molecular complexity index is 933. The van der Waals surface area contributed by atoms with Crippen molar-refractivity contribution < 1.29 is 9.90 Å². The number of aromatic nitrogens is 5. The fraction of sp³-hybridized carbons (Fsp3) is 0.444. The lowest BCUT2D eigenvalue weighted by molar-refractivity contribution is -0.137. The van der Waals surface area contributed by atoms with Crippen LogP contribution in [0.25, 0.3) is 10.9 Å². The number of likely N-dealkylation sites (tertiary alicyclic amines) is 1. The van der Waals surface area contributed by atoms with E-state index < -0.39 is 5.60 Å². The van der Waals surface area contributed by atoms with Gasteiger partial charge in [-0.15, -0.1) is 10.2 Å². The minimum Gasteiger partial charge on any atom is -0.388 e. The van der Waals surface area contributed by atoms with Crippen molar-refractivity contribution in [1.29, 1.82) is 0 Å². The van der Waals surface area contributed by atoms with Gasteiger partial charge in [-0.1, -0.05) is 18.2 Å². The maximum Gasteiger partial charge on any atom is 0.228 e. The molecule has 8 heteroatoms. The number of aryl methyl sites for hydroxylation is 1. The molecule has 0 saturated carbocycles. The monoisotopic (exact) mass is 354 g/mol. The zero-order chi connectivity index (χ0) is 18.1. The highest BCUT2D eigenvalue weighted by Crippen LogP contribution is 2.25. The van der Waals surface area contributed by atoms with Crippen molar-refractivity contribution in [3.05, 3.63) is 42.1 Å². The largest absolute Gasteiger partial charge is 0.388 e. The van der Waals surface area contributed by atoms with Gasteiger partial charge in [0.05, 0.1) is 23.2 Å². The van der Waals surface area contributed by atoms with Gasteiger partial charge >= 0.3 is 0 Å². The molecule has 0 aliphatic carbocycles. The summed E-state index contributed by atoms with van der Waals surface area (Å²) in [4.78, 5) is 14.5. The van der Waals surface area contributed by atoms with Crippen LogP contribution >= 0.6 is 0 Å². The van der Waals surface area contributed by atoms with E-state index in [1.54, 1.807) is 15.8 Å². The van der Waals surface area contributed by atoms with Gasteiger partial charge in [0.1, 0.15) is 12.2 Å². The van der Waals surface area contributed by atoms with E-state index in [4.69, 9.17) is 0 Å². The second-order valence-corrected chi connectivity index (χ2v) is 7.07. The molecule has 3 aromatic rings. The third-order valence-corrected chi connectivity index (χ3v) is 5.07. The van der Waals surface area contributed by atoms with Crippen molar-refractivity contribution >= 4 is 16.8 Å². The molecule has 0 bridgehead atoms. The molecule has 8 nitrogen and oxygen atoms in total. The number of fused-ring (bicyclic) bond motifs is 1. The minimum absolute atomic E-state index is 0.00417. The number of aliphatic hydroxyl groups is 1. The van der Waals surface area contributed by atoms with Crippen molar-refractivity contribution in [3.8, 4) is 0 Å². The number of β-amino-alcohol motifs (C(OH)–C–C–N with tert-alkyl or cyclic N) is 1. The third kappa shape index (κ3) is 3.20. The number of nitrogens with one attached hydrogen (secondary N) is 1. The minimum atomic E-state index is -0.968. The molecule has 2 aromatic heterocycles. The Morgan fingerprint density at radius 3 is 3.04 bits per heavy atom. The summed E-state index contributed by atoms with van der Waals surface area (Å²) in [7, 11) is 1.85. The van der Waals surface area contributed by atoms with Crippen molar-refractivity contribution in [2.45, 2.75) is 31.3 Å². The van der Waals surface area contributed by atoms with E-state index in [1.807, 2.05) is 31.3 Å². The molecule has 3 heterocycles. The van der Waals surface area contributed by atoms with Crippen LogP contribution in [0.1, 0.15) is 24.4 Å². The summed E-state index contributed by atoms with van der Waals surface area (Å²) in [6.45, 7) is 0.969. The summed E-state index contributed by atoms with van der Waals surface area (Å²) in [6, 6.07) is 7.74. The topological polar surface area (TPSA) is 99.9 Å². The Morgan fingerprint density at radius 2 is 2.23 bits per heavy atom. The second-order valence-electron chi connectivity index (χ2n) is 7.07. The molecule has 1 aliphatic rings. The lowest BCUT2D eigenvalue weighted by Gasteiger charge is -2.39. The number of hydrogen-bond acceptors (Lipinski definition) is 5. The molecule has 1 amide bonds. The zero-order valence-electron chi connectivity index (χ0n) is 14.7. The molecule has 1 aromatic carbocycles. The van der Waals surface area contributed by atoms with Crippen LogP contribution < -0.4 is 0 Å². The first-order valence-electron chi connectivity index (χ1n) is 8.79. The number of aromatic amines is 1. The number of H-pyrrole nitrogens is 1. The van der Waals surface area contributed by atoms with Crippen LogP contribution in [0.5, 0.6) is 0 Å². The van der Waals surface area contributed by atoms with E-state index in [9.17, 15) is 9.90 Å². The number of para-hydroxylation sites is 1. The van der Waals surface area contributed by atoms with E-state index >= 15 is 0 Å². The maximum atomic E-state index is 12.8. The number of benzene rings is 1. The standard InChI is InChI=1S/C18H22N6O2/c1-23-12-19-22-16(23)10-18(26)7-4-8-24(11-18)17(25)9-15-13-5-2-3-6-14(13)20-21-15/h2-3,5-6,12,26H,4,7-11H2,1H3,(H,20,21). The number of carbonyl (C=O) groups excluding carboxylic acids is 1. The van der Waals surface area contributed by atoms with Gasteiger partial charge in [-0.2, -0.15) is 5.10 Å². The summed E-state index contributed by atoms with van der Waals surface area (Å²) in [5.41, 5.74) is 0.700. The Labute approximate surface area is 150 Å². The maximum absolute atomic E-state index is 12.8. The number of hydrogen-bond donors (Lipinski definition) is 2. The molecular weight excluding hydrogens is 332 g/mol. The number of piperidine rings is 1. The normalized spacial score (nSPS) is 20.6. The van der Waals surface area contributed by atoms with Gasteiger partial charge < -0.3 is 14.6 Å². The zero-order valence-corrected chi connectivity index (χ0v) is 14.7. The van der Waals surface area contributed by atoms with Crippen molar-refractivity contribution in [2.24, 2.45) is 7.05 Å². The predicted molar refractivity (Wildman–Crippen MR) is 95.3 cm³/mol. The van der Waals surface area contributed by atoms with Gasteiger partial charge in [0.25, 0.3) is 0 Å². The molecule has 1 aliphatic heterocycles. The van der Waals surface area contributed by atoms with E-state index in [-0.39, 0.29) is 12.3 Å². The van der Waals surface area contributed by atoms with Crippen molar-refractivity contribution in [3.63, 3.8) is 0 Å². The Kier molecular flexibility index (Phi) is 4.20. The molecule has 136 valence electrons. The lowest BCUT2D eigenvalue weighted by atomic mass is 9.89. The lowest BCUT2D eigenvalue weighted by Crippen LogP contribution is -2.52. The van der Waals surface area contributed by atoms with Crippen LogP contribution in [0.15, 0.2) is 30.6 Å². The summed E-state index contributed by atoms with van der Waals surface area (Å²) >= 11 is 0. The van der Waals surface area contributed by atoms with Crippen LogP contribution in [-0.2, 0) is 24.7 Å². The first kappa shape index (κ1) is 16.7. The summed E-state index contributed by atoms with van der Waals surface area (Å²) in [5, 5.41) is 27.1. The fourth-order valence-corrected chi connectivity index (χ4v) is 3.64. The SMILES string of the molecule is Cn1cnnc1CC1(O)CCCN(C(=O)Cc2[nH]nc3ccccc23)C1. The molecule has 1 atom stereocenters. The van der Waals surface area contributed by atoms with E-state index in [0.29, 0.717) is 25.9 Å². The summed E-state index contributed by atoms with van der Waals surface area (Å²) < 4.78 is 1.80. The number of carbonyl (C=O) groups is 1. The van der Waals surface area contributed by atoms with Crippen LogP contribution in [0.3, 0.4) is 0 Å². The van der Waals surface area contributed by atoms with Crippen LogP contribution in [0.4, 0.5) is 0 Å². The first-order chi connectivity index (χ1) is 12.5. The number of amides is 1.